The van der Waals surface area contributed by atoms with E-state index in [1.165, 1.54) is 44.9 Å². The summed E-state index contributed by atoms with van der Waals surface area (Å²) in [4.78, 5) is 0. The second-order valence-corrected chi connectivity index (χ2v) is 6.67. The number of hydrogen-bond donors (Lipinski definition) is 1. The van der Waals surface area contributed by atoms with Crippen molar-refractivity contribution >= 4 is 0 Å². The van der Waals surface area contributed by atoms with Crippen LogP contribution in [0.4, 0.5) is 0 Å². The summed E-state index contributed by atoms with van der Waals surface area (Å²) < 4.78 is 6.22. The topological polar surface area (TPSA) is 21.3 Å². The summed E-state index contributed by atoms with van der Waals surface area (Å²) in [5, 5.41) is 3.72. The van der Waals surface area contributed by atoms with Crippen LogP contribution in [0.3, 0.4) is 0 Å². The van der Waals surface area contributed by atoms with E-state index in [1.54, 1.807) is 0 Å². The Hall–Kier alpha value is -0.0800. The van der Waals surface area contributed by atoms with Crippen LogP contribution in [0, 0.1) is 11.8 Å². The molecule has 2 unspecified atom stereocenters. The van der Waals surface area contributed by atoms with Crippen molar-refractivity contribution in [1.82, 2.24) is 5.32 Å². The molecule has 2 nitrogen and oxygen atoms in total. The van der Waals surface area contributed by atoms with Crippen molar-refractivity contribution in [2.24, 2.45) is 11.8 Å². The van der Waals surface area contributed by atoms with Crippen molar-refractivity contribution in [3.63, 3.8) is 0 Å². The average Bonchev–Trinajstić information content (AvgIpc) is 2.36. The van der Waals surface area contributed by atoms with Crippen LogP contribution in [0.5, 0.6) is 0 Å². The lowest BCUT2D eigenvalue weighted by atomic mass is 9.72. The van der Waals surface area contributed by atoms with Crippen molar-refractivity contribution in [3.05, 3.63) is 0 Å². The van der Waals surface area contributed by atoms with Gasteiger partial charge in [-0.2, -0.15) is 0 Å². The van der Waals surface area contributed by atoms with E-state index in [0.29, 0.717) is 6.04 Å². The highest BCUT2D eigenvalue weighted by atomic mass is 16.5. The van der Waals surface area contributed by atoms with E-state index in [1.807, 2.05) is 0 Å². The summed E-state index contributed by atoms with van der Waals surface area (Å²) in [6.07, 6.45) is 9.32. The first-order valence-electron chi connectivity index (χ1n) is 8.04. The molecule has 2 atom stereocenters. The van der Waals surface area contributed by atoms with Gasteiger partial charge in [-0.3, -0.25) is 0 Å². The summed E-state index contributed by atoms with van der Waals surface area (Å²) in [6.45, 7) is 9.02. The molecule has 2 aliphatic rings. The molecule has 106 valence electrons. The van der Waals surface area contributed by atoms with Gasteiger partial charge in [0.15, 0.2) is 0 Å². The van der Waals surface area contributed by atoms with Gasteiger partial charge in [0.1, 0.15) is 0 Å². The molecule has 0 radical (unpaired) electrons. The fraction of sp³-hybridized carbons (Fsp3) is 1.00. The Bertz CT molecular complexity index is 240. The van der Waals surface area contributed by atoms with E-state index >= 15 is 0 Å². The minimum absolute atomic E-state index is 0.254. The van der Waals surface area contributed by atoms with E-state index in [4.69, 9.17) is 4.74 Å². The van der Waals surface area contributed by atoms with Crippen LogP contribution in [-0.4, -0.2) is 24.8 Å². The summed E-state index contributed by atoms with van der Waals surface area (Å²) >= 11 is 0. The van der Waals surface area contributed by atoms with E-state index < -0.39 is 0 Å². The number of nitrogens with one attached hydrogen (secondary N) is 1. The molecule has 1 heterocycles. The molecule has 0 bridgehead atoms. The van der Waals surface area contributed by atoms with Crippen molar-refractivity contribution in [3.8, 4) is 0 Å². The first kappa shape index (κ1) is 14.3. The smallest absolute Gasteiger partial charge is 0.0685 e. The van der Waals surface area contributed by atoms with Crippen LogP contribution in [0.25, 0.3) is 0 Å². The Labute approximate surface area is 113 Å². The highest BCUT2D eigenvalue weighted by molar-refractivity contribution is 4.93. The normalized spacial score (nSPS) is 29.7. The van der Waals surface area contributed by atoms with Gasteiger partial charge in [0.25, 0.3) is 0 Å². The van der Waals surface area contributed by atoms with Crippen molar-refractivity contribution in [1.29, 1.82) is 0 Å². The Morgan fingerprint density at radius 2 is 1.94 bits per heavy atom. The summed E-state index contributed by atoms with van der Waals surface area (Å²) in [6, 6.07) is 0.678. The molecule has 1 aliphatic carbocycles. The number of rotatable bonds is 4. The lowest BCUT2D eigenvalue weighted by molar-refractivity contribution is -0.123. The van der Waals surface area contributed by atoms with Crippen LogP contribution in [0.1, 0.15) is 65.7 Å². The Kier molecular flexibility index (Phi) is 5.08. The molecule has 1 spiro atoms. The zero-order chi connectivity index (χ0) is 13.0. The van der Waals surface area contributed by atoms with E-state index in [9.17, 15) is 0 Å². The van der Waals surface area contributed by atoms with Gasteiger partial charge < -0.3 is 10.1 Å². The molecule has 2 heteroatoms. The molecule has 0 aromatic carbocycles. The van der Waals surface area contributed by atoms with E-state index in [2.05, 4.69) is 26.1 Å². The molecule has 1 saturated carbocycles. The predicted octanol–water partition coefficient (Wildman–Crippen LogP) is 3.75. The summed E-state index contributed by atoms with van der Waals surface area (Å²) in [5.41, 5.74) is 0.254. The second kappa shape index (κ2) is 6.38. The molecule has 0 aromatic heterocycles. The molecule has 18 heavy (non-hydrogen) atoms. The molecule has 2 rings (SSSR count). The van der Waals surface area contributed by atoms with Gasteiger partial charge in [-0.15, -0.1) is 0 Å². The first-order chi connectivity index (χ1) is 8.67. The van der Waals surface area contributed by atoms with Crippen LogP contribution in [0.15, 0.2) is 0 Å². The van der Waals surface area contributed by atoms with Crippen LogP contribution in [0.2, 0.25) is 0 Å². The monoisotopic (exact) mass is 253 g/mol. The Morgan fingerprint density at radius 1 is 1.22 bits per heavy atom. The van der Waals surface area contributed by atoms with Gasteiger partial charge in [0, 0.05) is 12.6 Å². The lowest BCUT2D eigenvalue weighted by Crippen LogP contribution is -2.49. The van der Waals surface area contributed by atoms with Crippen molar-refractivity contribution in [2.75, 3.05) is 13.2 Å². The minimum atomic E-state index is 0.254. The maximum Gasteiger partial charge on any atom is 0.0685 e. The molecule has 1 aliphatic heterocycles. The van der Waals surface area contributed by atoms with Gasteiger partial charge in [0.05, 0.1) is 5.60 Å². The molecule has 0 amide bonds. The van der Waals surface area contributed by atoms with Crippen LogP contribution in [-0.2, 0) is 4.74 Å². The third-order valence-electron chi connectivity index (χ3n) is 4.96. The largest absolute Gasteiger partial charge is 0.375 e. The Morgan fingerprint density at radius 3 is 2.56 bits per heavy atom. The average molecular weight is 253 g/mol. The highest BCUT2D eigenvalue weighted by Crippen LogP contribution is 2.42. The molecule has 1 N–H and O–H groups in total. The SMILES string of the molecule is CCNC(C(C)C)C1CCOC2(CCCCC2)C1. The number of ether oxygens (including phenoxy) is 1. The lowest BCUT2D eigenvalue weighted by Gasteiger charge is -2.46. The minimum Gasteiger partial charge on any atom is -0.375 e. The van der Waals surface area contributed by atoms with Gasteiger partial charge >= 0.3 is 0 Å². The number of hydrogen-bond acceptors (Lipinski definition) is 2. The fourth-order valence-corrected chi connectivity index (χ4v) is 4.10. The van der Waals surface area contributed by atoms with Gasteiger partial charge in [-0.25, -0.2) is 0 Å². The fourth-order valence-electron chi connectivity index (χ4n) is 4.10. The third kappa shape index (κ3) is 3.27. The maximum absolute atomic E-state index is 6.22. The van der Waals surface area contributed by atoms with Gasteiger partial charge in [-0.05, 0) is 44.1 Å². The molecule has 0 aromatic rings. The summed E-state index contributed by atoms with van der Waals surface area (Å²) in [5.74, 6) is 1.55. The second-order valence-electron chi connectivity index (χ2n) is 6.67. The maximum atomic E-state index is 6.22. The van der Waals surface area contributed by atoms with E-state index in [-0.39, 0.29) is 5.60 Å². The molecule has 2 fully saturated rings. The van der Waals surface area contributed by atoms with Gasteiger partial charge in [-0.1, -0.05) is 40.0 Å². The van der Waals surface area contributed by atoms with Crippen LogP contribution >= 0.6 is 0 Å². The molecular weight excluding hydrogens is 222 g/mol. The van der Waals surface area contributed by atoms with E-state index in [0.717, 1.165) is 25.0 Å². The van der Waals surface area contributed by atoms with Crippen molar-refractivity contribution < 1.29 is 4.74 Å². The highest BCUT2D eigenvalue weighted by Gasteiger charge is 2.41. The zero-order valence-corrected chi connectivity index (χ0v) is 12.5. The predicted molar refractivity (Wildman–Crippen MR) is 76.8 cm³/mol. The molecule has 1 saturated heterocycles. The van der Waals surface area contributed by atoms with Crippen molar-refractivity contribution in [2.45, 2.75) is 77.4 Å². The van der Waals surface area contributed by atoms with Gasteiger partial charge in [0.2, 0.25) is 0 Å². The summed E-state index contributed by atoms with van der Waals surface area (Å²) in [7, 11) is 0. The third-order valence-corrected chi connectivity index (χ3v) is 4.96. The molecular formula is C16H31NO. The Balaban J connectivity index is 1.99. The van der Waals surface area contributed by atoms with Crippen LogP contribution < -0.4 is 5.32 Å². The first-order valence-corrected chi connectivity index (χ1v) is 8.04. The quantitative estimate of drug-likeness (QED) is 0.824. The zero-order valence-electron chi connectivity index (χ0n) is 12.5. The standard InChI is InChI=1S/C16H31NO/c1-4-17-15(13(2)3)14-8-11-18-16(12-14)9-6-5-7-10-16/h13-15,17H,4-12H2,1-3H3.